The molecule has 2 aromatic heterocycles. The second-order valence-electron chi connectivity index (χ2n) is 7.35. The Morgan fingerprint density at radius 1 is 1.27 bits per heavy atom. The zero-order valence-corrected chi connectivity index (χ0v) is 17.7. The van der Waals surface area contributed by atoms with Gasteiger partial charge in [0.1, 0.15) is 35.3 Å². The van der Waals surface area contributed by atoms with Crippen molar-refractivity contribution in [3.8, 4) is 11.5 Å². The largest absolute Gasteiger partial charge is 0.497 e. The lowest BCUT2D eigenvalue weighted by molar-refractivity contribution is -0.125. The monoisotopic (exact) mass is 413 g/mol. The number of aromatic nitrogens is 4. The number of ether oxygens (including phenoxy) is 2. The van der Waals surface area contributed by atoms with Gasteiger partial charge >= 0.3 is 0 Å². The summed E-state index contributed by atoms with van der Waals surface area (Å²) in [5.41, 5.74) is 1.37. The smallest absolute Gasteiger partial charge is 0.223 e. The van der Waals surface area contributed by atoms with Crippen molar-refractivity contribution in [2.45, 2.75) is 40.5 Å². The Labute approximate surface area is 175 Å². The highest BCUT2D eigenvalue weighted by atomic mass is 16.5. The van der Waals surface area contributed by atoms with E-state index < -0.39 is 0 Å². The number of benzene rings is 1. The molecule has 9 heteroatoms. The minimum absolute atomic E-state index is 0.00918. The molecule has 2 heterocycles. The Morgan fingerprint density at radius 2 is 2.07 bits per heavy atom. The summed E-state index contributed by atoms with van der Waals surface area (Å²) in [4.78, 5) is 16.4. The van der Waals surface area contributed by atoms with E-state index in [-0.39, 0.29) is 30.9 Å². The van der Waals surface area contributed by atoms with Crippen molar-refractivity contribution < 1.29 is 18.7 Å². The van der Waals surface area contributed by atoms with Crippen LogP contribution in [0.25, 0.3) is 0 Å². The van der Waals surface area contributed by atoms with Gasteiger partial charge in [0.2, 0.25) is 5.91 Å². The van der Waals surface area contributed by atoms with E-state index in [9.17, 15) is 4.79 Å². The first-order valence-corrected chi connectivity index (χ1v) is 9.81. The Kier molecular flexibility index (Phi) is 7.05. The van der Waals surface area contributed by atoms with Crippen LogP contribution in [0.1, 0.15) is 37.9 Å². The maximum absolute atomic E-state index is 12.2. The van der Waals surface area contributed by atoms with E-state index in [4.69, 9.17) is 13.9 Å². The SMILES string of the molecule is COc1cccc(OCc2cn(Cc3ncoc3CNC(=O)C(C)C(C)C)nn2)c1. The van der Waals surface area contributed by atoms with Crippen molar-refractivity contribution in [2.24, 2.45) is 11.8 Å². The summed E-state index contributed by atoms with van der Waals surface area (Å²) >= 11 is 0. The van der Waals surface area contributed by atoms with E-state index in [2.05, 4.69) is 20.6 Å². The normalized spacial score (nSPS) is 12.0. The Balaban J connectivity index is 1.55. The van der Waals surface area contributed by atoms with E-state index in [1.807, 2.05) is 39.0 Å². The lowest BCUT2D eigenvalue weighted by Gasteiger charge is -2.14. The number of methoxy groups -OCH3 is 1. The van der Waals surface area contributed by atoms with Crippen molar-refractivity contribution in [2.75, 3.05) is 7.11 Å². The molecule has 30 heavy (non-hydrogen) atoms. The first-order chi connectivity index (χ1) is 14.5. The third kappa shape index (κ3) is 5.59. The van der Waals surface area contributed by atoms with Crippen LogP contribution in [-0.4, -0.2) is 33.0 Å². The molecular formula is C21H27N5O4. The van der Waals surface area contributed by atoms with Gasteiger partial charge in [-0.1, -0.05) is 32.1 Å². The van der Waals surface area contributed by atoms with Gasteiger partial charge in [-0.2, -0.15) is 0 Å². The fourth-order valence-corrected chi connectivity index (χ4v) is 2.68. The molecule has 1 amide bonds. The van der Waals surface area contributed by atoms with Gasteiger partial charge < -0.3 is 19.2 Å². The summed E-state index contributed by atoms with van der Waals surface area (Å²) in [6.45, 7) is 6.89. The quantitative estimate of drug-likeness (QED) is 0.545. The number of carbonyl (C=O) groups is 1. The van der Waals surface area contributed by atoms with Gasteiger partial charge in [0, 0.05) is 12.0 Å². The summed E-state index contributed by atoms with van der Waals surface area (Å²) in [7, 11) is 1.61. The van der Waals surface area contributed by atoms with Crippen LogP contribution in [0.2, 0.25) is 0 Å². The van der Waals surface area contributed by atoms with E-state index in [0.717, 1.165) is 5.75 Å². The van der Waals surface area contributed by atoms with Crippen molar-refractivity contribution in [3.63, 3.8) is 0 Å². The highest BCUT2D eigenvalue weighted by Crippen LogP contribution is 2.19. The van der Waals surface area contributed by atoms with Crippen molar-refractivity contribution in [1.82, 2.24) is 25.3 Å². The fourth-order valence-electron chi connectivity index (χ4n) is 2.68. The molecule has 0 bridgehead atoms. The summed E-state index contributed by atoms with van der Waals surface area (Å²) in [6.07, 6.45) is 3.16. The number of nitrogens with one attached hydrogen (secondary N) is 1. The number of hydrogen-bond donors (Lipinski definition) is 1. The molecular weight excluding hydrogens is 386 g/mol. The number of hydrogen-bond acceptors (Lipinski definition) is 7. The molecule has 0 aliphatic carbocycles. The Hall–Kier alpha value is -3.36. The van der Waals surface area contributed by atoms with Gasteiger partial charge in [0.15, 0.2) is 6.39 Å². The average Bonchev–Trinajstić information content (AvgIpc) is 3.39. The summed E-state index contributed by atoms with van der Waals surface area (Å²) < 4.78 is 18.0. The first-order valence-electron chi connectivity index (χ1n) is 9.81. The zero-order chi connectivity index (χ0) is 21.5. The molecule has 160 valence electrons. The molecule has 0 fully saturated rings. The Bertz CT molecular complexity index is 966. The van der Waals surface area contributed by atoms with Crippen LogP contribution >= 0.6 is 0 Å². The molecule has 3 rings (SSSR count). The van der Waals surface area contributed by atoms with Gasteiger partial charge in [-0.25, -0.2) is 9.67 Å². The number of oxazole rings is 1. The number of rotatable bonds is 10. The summed E-state index contributed by atoms with van der Waals surface area (Å²) in [6, 6.07) is 7.37. The van der Waals surface area contributed by atoms with Crippen LogP contribution < -0.4 is 14.8 Å². The van der Waals surface area contributed by atoms with Crippen LogP contribution in [0.4, 0.5) is 0 Å². The van der Waals surface area contributed by atoms with E-state index in [1.165, 1.54) is 6.39 Å². The lowest BCUT2D eigenvalue weighted by atomic mass is 9.97. The van der Waals surface area contributed by atoms with E-state index in [1.54, 1.807) is 24.1 Å². The zero-order valence-electron chi connectivity index (χ0n) is 17.7. The molecule has 0 saturated heterocycles. The molecule has 9 nitrogen and oxygen atoms in total. The first kappa shape index (κ1) is 21.4. The van der Waals surface area contributed by atoms with Crippen LogP contribution in [0, 0.1) is 11.8 Å². The van der Waals surface area contributed by atoms with Crippen molar-refractivity contribution in [3.05, 3.63) is 54.0 Å². The van der Waals surface area contributed by atoms with E-state index >= 15 is 0 Å². The summed E-state index contributed by atoms with van der Waals surface area (Å²) in [5, 5.41) is 11.1. The minimum Gasteiger partial charge on any atom is -0.497 e. The van der Waals surface area contributed by atoms with Gasteiger partial charge in [0.25, 0.3) is 0 Å². The van der Waals surface area contributed by atoms with Crippen LogP contribution in [0.3, 0.4) is 0 Å². The second kappa shape index (κ2) is 9.91. The third-order valence-corrected chi connectivity index (χ3v) is 4.89. The standard InChI is InChI=1S/C21H27N5O4/c1-14(2)15(3)21(27)22-9-20-19(23-13-30-20)11-26-10-16(24-25-26)12-29-18-7-5-6-17(8-18)28-4/h5-8,10,13-15H,9,11-12H2,1-4H3,(H,22,27). The maximum Gasteiger partial charge on any atom is 0.223 e. The topological polar surface area (TPSA) is 104 Å². The number of nitrogens with zero attached hydrogens (tertiary/aromatic N) is 4. The number of carbonyl (C=O) groups excluding carboxylic acids is 1. The molecule has 1 N–H and O–H groups in total. The van der Waals surface area contributed by atoms with Gasteiger partial charge in [-0.3, -0.25) is 4.79 Å². The van der Waals surface area contributed by atoms with E-state index in [0.29, 0.717) is 29.4 Å². The summed E-state index contributed by atoms with van der Waals surface area (Å²) in [5.74, 6) is 2.21. The molecule has 0 saturated carbocycles. The van der Waals surface area contributed by atoms with Gasteiger partial charge in [-0.05, 0) is 18.1 Å². The molecule has 0 radical (unpaired) electrons. The van der Waals surface area contributed by atoms with Crippen LogP contribution in [0.5, 0.6) is 11.5 Å². The van der Waals surface area contributed by atoms with Crippen molar-refractivity contribution in [1.29, 1.82) is 0 Å². The fraction of sp³-hybridized carbons (Fsp3) is 0.429. The molecule has 1 aromatic carbocycles. The van der Waals surface area contributed by atoms with Gasteiger partial charge in [0.05, 0.1) is 26.4 Å². The molecule has 3 aromatic rings. The maximum atomic E-state index is 12.2. The predicted octanol–water partition coefficient (Wildman–Crippen LogP) is 2.81. The molecule has 0 aliphatic heterocycles. The molecule has 1 unspecified atom stereocenters. The van der Waals surface area contributed by atoms with Gasteiger partial charge in [-0.15, -0.1) is 5.10 Å². The third-order valence-electron chi connectivity index (χ3n) is 4.89. The van der Waals surface area contributed by atoms with Crippen molar-refractivity contribution >= 4 is 5.91 Å². The molecule has 0 aliphatic rings. The Morgan fingerprint density at radius 3 is 2.83 bits per heavy atom. The molecule has 0 spiro atoms. The van der Waals surface area contributed by atoms with Crippen LogP contribution in [-0.2, 0) is 24.5 Å². The highest BCUT2D eigenvalue weighted by molar-refractivity contribution is 5.78. The predicted molar refractivity (Wildman–Crippen MR) is 109 cm³/mol. The number of amides is 1. The highest BCUT2D eigenvalue weighted by Gasteiger charge is 2.18. The second-order valence-corrected chi connectivity index (χ2v) is 7.35. The van der Waals surface area contributed by atoms with Crippen LogP contribution in [0.15, 0.2) is 41.3 Å². The lowest BCUT2D eigenvalue weighted by Crippen LogP contribution is -2.31. The molecule has 1 atom stereocenters. The minimum atomic E-state index is -0.0705. The average molecular weight is 413 g/mol.